The molecule has 2 unspecified atom stereocenters. The molecule has 3 N–H and O–H groups in total. The first-order chi connectivity index (χ1) is 10.5. The molecule has 22 heavy (non-hydrogen) atoms. The van der Waals surface area contributed by atoms with Crippen LogP contribution in [0.5, 0.6) is 0 Å². The van der Waals surface area contributed by atoms with Crippen molar-refractivity contribution in [1.82, 2.24) is 10.6 Å². The second kappa shape index (κ2) is 7.74. The third kappa shape index (κ3) is 5.00. The molecule has 2 rings (SSSR count). The van der Waals surface area contributed by atoms with Crippen LogP contribution in [0.1, 0.15) is 31.2 Å². The summed E-state index contributed by atoms with van der Waals surface area (Å²) in [6.07, 6.45) is 3.32. The molecule has 2 atom stereocenters. The zero-order valence-electron chi connectivity index (χ0n) is 12.3. The molecule has 1 aliphatic rings. The zero-order chi connectivity index (χ0) is 15.9. The fourth-order valence-electron chi connectivity index (χ4n) is 2.71. The molecule has 1 aliphatic carbocycles. The molecule has 0 spiro atoms. The van der Waals surface area contributed by atoms with Crippen LogP contribution in [0.25, 0.3) is 0 Å². The second-order valence-corrected chi connectivity index (χ2v) is 5.68. The van der Waals surface area contributed by atoms with E-state index in [0.29, 0.717) is 18.0 Å². The maximum atomic E-state index is 11.7. The Labute approximate surface area is 128 Å². The monoisotopic (exact) mass is 307 g/mol. The first kappa shape index (κ1) is 16.2. The van der Waals surface area contributed by atoms with E-state index < -0.39 is 4.92 Å². The number of carbonyl (C=O) groups excluding carboxylic acids is 1. The molecular formula is C15H21N3O4. The molecule has 0 radical (unpaired) electrons. The van der Waals surface area contributed by atoms with Crippen LogP contribution in [0.3, 0.4) is 0 Å². The van der Waals surface area contributed by atoms with Crippen LogP contribution in [0.4, 0.5) is 10.5 Å². The van der Waals surface area contributed by atoms with Crippen LogP contribution >= 0.6 is 0 Å². The molecule has 0 saturated heterocycles. The smallest absolute Gasteiger partial charge is 0.315 e. The van der Waals surface area contributed by atoms with Crippen molar-refractivity contribution in [2.45, 2.75) is 38.3 Å². The number of hydrogen-bond acceptors (Lipinski definition) is 4. The molecule has 1 aromatic carbocycles. The number of nitro benzene ring substituents is 1. The fourth-order valence-corrected chi connectivity index (χ4v) is 2.71. The summed E-state index contributed by atoms with van der Waals surface area (Å²) in [6, 6.07) is 5.88. The second-order valence-electron chi connectivity index (χ2n) is 5.68. The third-order valence-electron chi connectivity index (χ3n) is 3.88. The Morgan fingerprint density at radius 1 is 1.36 bits per heavy atom. The number of carbonyl (C=O) groups is 1. The van der Waals surface area contributed by atoms with E-state index in [-0.39, 0.29) is 24.4 Å². The summed E-state index contributed by atoms with van der Waals surface area (Å²) in [4.78, 5) is 22.0. The van der Waals surface area contributed by atoms with E-state index in [1.165, 1.54) is 12.1 Å². The summed E-state index contributed by atoms with van der Waals surface area (Å²) in [5.74, 6) is 0.312. The Bertz CT molecular complexity index is 535. The van der Waals surface area contributed by atoms with Gasteiger partial charge in [0.15, 0.2) is 0 Å². The molecule has 7 nitrogen and oxygen atoms in total. The van der Waals surface area contributed by atoms with E-state index in [1.807, 2.05) is 0 Å². The van der Waals surface area contributed by atoms with Gasteiger partial charge >= 0.3 is 6.03 Å². The topological polar surface area (TPSA) is 104 Å². The highest BCUT2D eigenvalue weighted by atomic mass is 16.6. The number of nitrogens with one attached hydrogen (secondary N) is 2. The minimum Gasteiger partial charge on any atom is -0.393 e. The fraction of sp³-hybridized carbons (Fsp3) is 0.533. The van der Waals surface area contributed by atoms with Crippen molar-refractivity contribution in [3.8, 4) is 0 Å². The van der Waals surface area contributed by atoms with Crippen LogP contribution in [0.2, 0.25) is 0 Å². The van der Waals surface area contributed by atoms with E-state index in [0.717, 1.165) is 25.7 Å². The van der Waals surface area contributed by atoms with Crippen LogP contribution < -0.4 is 10.6 Å². The molecule has 1 fully saturated rings. The molecule has 0 aromatic heterocycles. The van der Waals surface area contributed by atoms with Gasteiger partial charge in [-0.15, -0.1) is 0 Å². The van der Waals surface area contributed by atoms with Gasteiger partial charge in [0.25, 0.3) is 5.69 Å². The summed E-state index contributed by atoms with van der Waals surface area (Å²) in [5.41, 5.74) is 0.688. The van der Waals surface area contributed by atoms with Gasteiger partial charge in [-0.1, -0.05) is 18.6 Å². The summed E-state index contributed by atoms with van der Waals surface area (Å²) >= 11 is 0. The van der Waals surface area contributed by atoms with Crippen molar-refractivity contribution in [2.24, 2.45) is 5.92 Å². The largest absolute Gasteiger partial charge is 0.393 e. The zero-order valence-corrected chi connectivity index (χ0v) is 12.3. The van der Waals surface area contributed by atoms with Crippen molar-refractivity contribution in [1.29, 1.82) is 0 Å². The average molecular weight is 307 g/mol. The van der Waals surface area contributed by atoms with Crippen molar-refractivity contribution < 1.29 is 14.8 Å². The minimum atomic E-state index is -0.460. The van der Waals surface area contributed by atoms with E-state index in [2.05, 4.69) is 10.6 Å². The lowest BCUT2D eigenvalue weighted by Gasteiger charge is -2.25. The van der Waals surface area contributed by atoms with E-state index >= 15 is 0 Å². The third-order valence-corrected chi connectivity index (χ3v) is 3.88. The number of amides is 2. The number of non-ortho nitro benzene ring substituents is 1. The van der Waals surface area contributed by atoms with Gasteiger partial charge in [-0.3, -0.25) is 10.1 Å². The van der Waals surface area contributed by atoms with E-state index in [1.54, 1.807) is 12.1 Å². The minimum absolute atomic E-state index is 0.0101. The van der Waals surface area contributed by atoms with Gasteiger partial charge in [-0.05, 0) is 30.7 Å². The molecule has 1 aromatic rings. The first-order valence-corrected chi connectivity index (χ1v) is 7.47. The molecule has 1 saturated carbocycles. The standard InChI is InChI=1S/C15H21N3O4/c19-14-6-2-4-12(8-14)10-17-15(20)16-9-11-3-1-5-13(7-11)18(21)22/h1,3,5,7,12,14,19H,2,4,6,8-10H2,(H2,16,17,20). The van der Waals surface area contributed by atoms with Gasteiger partial charge in [0.2, 0.25) is 0 Å². The van der Waals surface area contributed by atoms with Gasteiger partial charge in [-0.2, -0.15) is 0 Å². The van der Waals surface area contributed by atoms with Gasteiger partial charge in [0.05, 0.1) is 11.0 Å². The molecule has 2 amide bonds. The molecule has 120 valence electrons. The average Bonchev–Trinajstić information content (AvgIpc) is 2.51. The first-order valence-electron chi connectivity index (χ1n) is 7.47. The van der Waals surface area contributed by atoms with Crippen molar-refractivity contribution >= 4 is 11.7 Å². The number of aliphatic hydroxyl groups is 1. The predicted octanol–water partition coefficient (Wildman–Crippen LogP) is 1.95. The summed E-state index contributed by atoms with van der Waals surface area (Å²) in [6.45, 7) is 0.776. The van der Waals surface area contributed by atoms with Crippen LogP contribution in [0.15, 0.2) is 24.3 Å². The van der Waals surface area contributed by atoms with E-state index in [4.69, 9.17) is 0 Å². The van der Waals surface area contributed by atoms with Gasteiger partial charge in [-0.25, -0.2) is 4.79 Å². The number of nitrogens with zero attached hydrogens (tertiary/aromatic N) is 1. The Balaban J connectivity index is 1.73. The number of rotatable bonds is 5. The SMILES string of the molecule is O=C(NCc1cccc([N+](=O)[O-])c1)NCC1CCCC(O)C1. The van der Waals surface area contributed by atoms with Crippen molar-refractivity contribution in [2.75, 3.05) is 6.54 Å². The highest BCUT2D eigenvalue weighted by Gasteiger charge is 2.20. The molecule has 0 bridgehead atoms. The van der Waals surface area contributed by atoms with Gasteiger partial charge < -0.3 is 15.7 Å². The van der Waals surface area contributed by atoms with Crippen molar-refractivity contribution in [3.63, 3.8) is 0 Å². The number of hydrogen-bond donors (Lipinski definition) is 3. The molecule has 7 heteroatoms. The lowest BCUT2D eigenvalue weighted by Crippen LogP contribution is -2.39. The normalized spacial score (nSPS) is 21.1. The van der Waals surface area contributed by atoms with Gasteiger partial charge in [0, 0.05) is 25.2 Å². The predicted molar refractivity (Wildman–Crippen MR) is 81.3 cm³/mol. The molecular weight excluding hydrogens is 286 g/mol. The molecule has 0 aliphatic heterocycles. The Kier molecular flexibility index (Phi) is 5.71. The van der Waals surface area contributed by atoms with Gasteiger partial charge in [0.1, 0.15) is 0 Å². The van der Waals surface area contributed by atoms with E-state index in [9.17, 15) is 20.0 Å². The Morgan fingerprint density at radius 2 is 2.18 bits per heavy atom. The lowest BCUT2D eigenvalue weighted by atomic mass is 9.87. The lowest BCUT2D eigenvalue weighted by molar-refractivity contribution is -0.384. The Morgan fingerprint density at radius 3 is 2.91 bits per heavy atom. The maximum Gasteiger partial charge on any atom is 0.315 e. The highest BCUT2D eigenvalue weighted by Crippen LogP contribution is 2.23. The van der Waals surface area contributed by atoms with Crippen molar-refractivity contribution in [3.05, 3.63) is 39.9 Å². The van der Waals surface area contributed by atoms with Crippen LogP contribution in [0, 0.1) is 16.0 Å². The molecule has 0 heterocycles. The summed E-state index contributed by atoms with van der Waals surface area (Å²) < 4.78 is 0. The van der Waals surface area contributed by atoms with Crippen LogP contribution in [-0.2, 0) is 6.54 Å². The number of urea groups is 1. The summed E-state index contributed by atoms with van der Waals surface area (Å²) in [5, 5.41) is 25.7. The maximum absolute atomic E-state index is 11.7. The number of nitro groups is 1. The van der Waals surface area contributed by atoms with Crippen LogP contribution in [-0.4, -0.2) is 28.7 Å². The number of benzene rings is 1. The Hall–Kier alpha value is -2.15. The highest BCUT2D eigenvalue weighted by molar-refractivity contribution is 5.73. The summed E-state index contributed by atoms with van der Waals surface area (Å²) in [7, 11) is 0. The quantitative estimate of drug-likeness (QED) is 0.571. The number of aliphatic hydroxyl groups excluding tert-OH is 1.